The lowest BCUT2D eigenvalue weighted by Gasteiger charge is -2.26. The van der Waals surface area contributed by atoms with Crippen LogP contribution in [0.2, 0.25) is 0 Å². The van der Waals surface area contributed by atoms with Crippen LogP contribution in [0.3, 0.4) is 0 Å². The molecule has 0 radical (unpaired) electrons. The number of ether oxygens (including phenoxy) is 2. The number of ketones is 1. The molecule has 0 saturated heterocycles. The summed E-state index contributed by atoms with van der Waals surface area (Å²) < 4.78 is 10.8. The van der Waals surface area contributed by atoms with Crippen LogP contribution >= 0.6 is 0 Å². The highest BCUT2D eigenvalue weighted by molar-refractivity contribution is 5.88. The zero-order chi connectivity index (χ0) is 44.9. The Bertz CT molecular complexity index is 1950. The molecule has 14 nitrogen and oxygen atoms in total. The van der Waals surface area contributed by atoms with E-state index in [2.05, 4.69) is 61.1 Å². The van der Waals surface area contributed by atoms with Gasteiger partial charge in [-0.05, 0) is 78.9 Å². The highest BCUT2D eigenvalue weighted by Gasteiger charge is 2.25. The number of nitrogens with one attached hydrogen (secondary N) is 2. The SMILES string of the molecule is COC(=O)C(CC(=O)CCCC(=O)NCCOCCC(C)(C)C)Nc1cc(CN(Cc2ccccn2)Cc2ccccn2)c(O)c(CN(Cc2ccccn2)Cc2ccccn2)c1. The van der Waals surface area contributed by atoms with Crippen molar-refractivity contribution in [3.8, 4) is 5.75 Å². The molecule has 0 aliphatic rings. The molecular formula is C49H62N8O6. The molecule has 5 aromatic rings. The molecule has 5 rings (SSSR count). The average molecular weight is 859 g/mol. The van der Waals surface area contributed by atoms with Crippen molar-refractivity contribution in [1.82, 2.24) is 35.1 Å². The van der Waals surface area contributed by atoms with Gasteiger partial charge >= 0.3 is 5.97 Å². The maximum absolute atomic E-state index is 13.4. The number of amides is 1. The zero-order valence-electron chi connectivity index (χ0n) is 37.0. The molecule has 0 aliphatic heterocycles. The number of aromatic nitrogens is 4. The van der Waals surface area contributed by atoms with Crippen LogP contribution in [0, 0.1) is 5.41 Å². The molecule has 0 bridgehead atoms. The van der Waals surface area contributed by atoms with Crippen molar-refractivity contribution >= 4 is 23.3 Å². The Hall–Kier alpha value is -6.09. The molecule has 14 heteroatoms. The number of carbonyl (C=O) groups excluding carboxylic acids is 3. The molecule has 0 saturated carbocycles. The van der Waals surface area contributed by atoms with E-state index in [4.69, 9.17) is 9.47 Å². The number of hydrogen-bond donors (Lipinski definition) is 3. The van der Waals surface area contributed by atoms with E-state index in [1.165, 1.54) is 7.11 Å². The molecule has 0 fully saturated rings. The van der Waals surface area contributed by atoms with Crippen LogP contribution in [0.4, 0.5) is 5.69 Å². The summed E-state index contributed by atoms with van der Waals surface area (Å²) >= 11 is 0. The van der Waals surface area contributed by atoms with Crippen molar-refractivity contribution in [2.75, 3.05) is 32.2 Å². The standard InChI is InChI=1S/C49H62N8O6/c1-49(2,3)20-26-63-27-25-54-46(59)19-13-18-44(58)30-45(48(61)62-4)55-43-28-37(31-56(33-39-14-5-9-21-50-39)34-40-15-6-10-22-51-40)47(60)38(29-43)32-57(35-41-16-7-11-23-52-41)36-42-17-8-12-24-53-42/h5-12,14-17,21-24,28-29,45,55,60H,13,18-20,25-27,30-36H2,1-4H3,(H,54,59). The Labute approximate surface area is 371 Å². The first kappa shape index (κ1) is 48.0. The zero-order valence-corrected chi connectivity index (χ0v) is 37.0. The number of Topliss-reactive ketones (excluding diaryl/α,β-unsaturated/α-hetero) is 1. The van der Waals surface area contributed by atoms with E-state index in [9.17, 15) is 19.5 Å². The monoisotopic (exact) mass is 858 g/mol. The molecule has 1 aromatic carbocycles. The Kier molecular flexibility index (Phi) is 19.1. The lowest BCUT2D eigenvalue weighted by atomic mass is 9.93. The van der Waals surface area contributed by atoms with Gasteiger partial charge in [0.15, 0.2) is 0 Å². The second-order valence-corrected chi connectivity index (χ2v) is 16.8. The first-order valence-electron chi connectivity index (χ1n) is 21.5. The number of hydrogen-bond acceptors (Lipinski definition) is 13. The Morgan fingerprint density at radius 2 is 1.16 bits per heavy atom. The molecule has 1 unspecified atom stereocenters. The summed E-state index contributed by atoms with van der Waals surface area (Å²) in [6.07, 6.45) is 8.40. The summed E-state index contributed by atoms with van der Waals surface area (Å²) in [5.41, 5.74) is 5.29. The van der Waals surface area contributed by atoms with Gasteiger partial charge in [-0.25, -0.2) is 4.79 Å². The summed E-state index contributed by atoms with van der Waals surface area (Å²) in [6, 6.07) is 25.6. The van der Waals surface area contributed by atoms with Gasteiger partial charge in [0, 0.05) is 113 Å². The minimum atomic E-state index is -1.02. The third-order valence-electron chi connectivity index (χ3n) is 10.2. The molecule has 0 aliphatic carbocycles. The topological polar surface area (TPSA) is 172 Å². The fraction of sp³-hybridized carbons (Fsp3) is 0.408. The maximum Gasteiger partial charge on any atom is 0.328 e. The molecule has 0 spiro atoms. The number of nitrogens with zero attached hydrogens (tertiary/aromatic N) is 6. The fourth-order valence-electron chi connectivity index (χ4n) is 6.93. The smallest absolute Gasteiger partial charge is 0.328 e. The first-order valence-corrected chi connectivity index (χ1v) is 21.5. The van der Waals surface area contributed by atoms with Gasteiger partial charge in [0.25, 0.3) is 0 Å². The third kappa shape index (κ3) is 17.7. The Morgan fingerprint density at radius 3 is 1.57 bits per heavy atom. The van der Waals surface area contributed by atoms with Gasteiger partial charge in [-0.1, -0.05) is 45.0 Å². The molecule has 4 aromatic heterocycles. The van der Waals surface area contributed by atoms with Crippen molar-refractivity contribution in [3.05, 3.63) is 144 Å². The van der Waals surface area contributed by atoms with Crippen LogP contribution in [0.5, 0.6) is 5.75 Å². The molecule has 1 amide bonds. The van der Waals surface area contributed by atoms with E-state index in [-0.39, 0.29) is 42.1 Å². The highest BCUT2D eigenvalue weighted by Crippen LogP contribution is 2.32. The molecule has 334 valence electrons. The maximum atomic E-state index is 13.4. The lowest BCUT2D eigenvalue weighted by molar-refractivity contribution is -0.143. The van der Waals surface area contributed by atoms with Crippen LogP contribution in [0.15, 0.2) is 110 Å². The summed E-state index contributed by atoms with van der Waals surface area (Å²) in [5, 5.41) is 18.3. The number of pyridine rings is 4. The predicted molar refractivity (Wildman–Crippen MR) is 242 cm³/mol. The van der Waals surface area contributed by atoms with Gasteiger partial charge in [-0.3, -0.25) is 39.3 Å². The number of aromatic hydroxyl groups is 1. The lowest BCUT2D eigenvalue weighted by Crippen LogP contribution is -2.33. The highest BCUT2D eigenvalue weighted by atomic mass is 16.5. The Morgan fingerprint density at radius 1 is 0.683 bits per heavy atom. The average Bonchev–Trinajstić information content (AvgIpc) is 3.27. The van der Waals surface area contributed by atoms with Crippen LogP contribution in [0.1, 0.15) is 86.8 Å². The van der Waals surface area contributed by atoms with Gasteiger partial charge in [0.1, 0.15) is 17.6 Å². The number of methoxy groups -OCH3 is 1. The summed E-state index contributed by atoms with van der Waals surface area (Å²) in [7, 11) is 1.28. The number of esters is 1. The van der Waals surface area contributed by atoms with Gasteiger partial charge < -0.3 is 25.2 Å². The second kappa shape index (κ2) is 25.1. The van der Waals surface area contributed by atoms with E-state index in [1.807, 2.05) is 84.9 Å². The van der Waals surface area contributed by atoms with Crippen LogP contribution in [-0.4, -0.2) is 85.4 Å². The number of carbonyl (C=O) groups is 3. The van der Waals surface area contributed by atoms with Crippen molar-refractivity contribution in [1.29, 1.82) is 0 Å². The number of phenolic OH excluding ortho intramolecular Hbond substituents is 1. The number of anilines is 1. The van der Waals surface area contributed by atoms with E-state index >= 15 is 0 Å². The van der Waals surface area contributed by atoms with Crippen LogP contribution in [-0.2, 0) is 63.1 Å². The number of rotatable bonds is 26. The van der Waals surface area contributed by atoms with E-state index in [1.54, 1.807) is 24.8 Å². The van der Waals surface area contributed by atoms with Crippen LogP contribution < -0.4 is 10.6 Å². The molecule has 1 atom stereocenters. The largest absolute Gasteiger partial charge is 0.507 e. The van der Waals surface area contributed by atoms with Crippen molar-refractivity contribution in [3.63, 3.8) is 0 Å². The molecule has 3 N–H and O–H groups in total. The van der Waals surface area contributed by atoms with Gasteiger partial charge in [0.05, 0.1) is 36.5 Å². The predicted octanol–water partition coefficient (Wildman–Crippen LogP) is 7.03. The summed E-state index contributed by atoms with van der Waals surface area (Å²) in [4.78, 5) is 61.7. The van der Waals surface area contributed by atoms with Gasteiger partial charge in [-0.15, -0.1) is 0 Å². The van der Waals surface area contributed by atoms with Crippen molar-refractivity contribution < 1.29 is 29.0 Å². The quantitative estimate of drug-likeness (QED) is 0.0294. The first-order chi connectivity index (χ1) is 30.4. The fourth-order valence-corrected chi connectivity index (χ4v) is 6.93. The second-order valence-electron chi connectivity index (χ2n) is 16.8. The van der Waals surface area contributed by atoms with Gasteiger partial charge in [0.2, 0.25) is 5.91 Å². The normalized spacial score (nSPS) is 12.0. The van der Waals surface area contributed by atoms with Crippen molar-refractivity contribution in [2.24, 2.45) is 5.41 Å². The minimum absolute atomic E-state index is 0.0973. The third-order valence-corrected chi connectivity index (χ3v) is 10.2. The number of phenols is 1. The summed E-state index contributed by atoms with van der Waals surface area (Å²) in [5.74, 6) is -0.860. The van der Waals surface area contributed by atoms with E-state index < -0.39 is 12.0 Å². The molecular weight excluding hydrogens is 797 g/mol. The Balaban J connectivity index is 1.37. The number of benzene rings is 1. The van der Waals surface area contributed by atoms with Gasteiger partial charge in [-0.2, -0.15) is 0 Å². The molecule has 4 heterocycles. The summed E-state index contributed by atoms with van der Waals surface area (Å²) in [6.45, 7) is 10.4. The van der Waals surface area contributed by atoms with Crippen LogP contribution in [0.25, 0.3) is 0 Å². The van der Waals surface area contributed by atoms with E-state index in [0.29, 0.717) is 82.3 Å². The molecule has 63 heavy (non-hydrogen) atoms. The minimum Gasteiger partial charge on any atom is -0.507 e. The van der Waals surface area contributed by atoms with E-state index in [0.717, 1.165) is 29.2 Å². The van der Waals surface area contributed by atoms with Crippen molar-refractivity contribution in [2.45, 2.75) is 98.2 Å².